The first kappa shape index (κ1) is 9.85. The minimum absolute atomic E-state index is 0.376. The Balaban J connectivity index is 1.88. The fourth-order valence-electron chi connectivity index (χ4n) is 2.43. The van der Waals surface area contributed by atoms with Crippen molar-refractivity contribution < 1.29 is 4.42 Å². The maximum atomic E-state index is 5.90. The standard InChI is InChI=1S/C13H16N2O/c14-10-7-5-9(6-8-10)13-15-11-3-1-2-4-12(11)16-13/h1-4,9-10H,5-8,14H2. The van der Waals surface area contributed by atoms with Gasteiger partial charge in [-0.15, -0.1) is 0 Å². The Morgan fingerprint density at radius 2 is 1.88 bits per heavy atom. The topological polar surface area (TPSA) is 52.0 Å². The summed E-state index contributed by atoms with van der Waals surface area (Å²) >= 11 is 0. The molecule has 1 fully saturated rings. The lowest BCUT2D eigenvalue weighted by molar-refractivity contribution is 0.346. The highest BCUT2D eigenvalue weighted by Crippen LogP contribution is 2.33. The van der Waals surface area contributed by atoms with Crippen LogP contribution in [0.3, 0.4) is 0 Å². The SMILES string of the molecule is NC1CCC(c2nc3ccccc3o2)CC1. The van der Waals surface area contributed by atoms with E-state index in [-0.39, 0.29) is 0 Å². The summed E-state index contributed by atoms with van der Waals surface area (Å²) < 4.78 is 5.79. The van der Waals surface area contributed by atoms with Gasteiger partial charge in [-0.2, -0.15) is 0 Å². The van der Waals surface area contributed by atoms with Gasteiger partial charge in [-0.25, -0.2) is 4.98 Å². The zero-order valence-corrected chi connectivity index (χ0v) is 9.23. The van der Waals surface area contributed by atoms with Gasteiger partial charge >= 0.3 is 0 Å². The van der Waals surface area contributed by atoms with Gasteiger partial charge in [-0.05, 0) is 37.8 Å². The van der Waals surface area contributed by atoms with E-state index in [9.17, 15) is 0 Å². The molecule has 1 saturated carbocycles. The summed E-state index contributed by atoms with van der Waals surface area (Å²) in [6.07, 6.45) is 4.38. The predicted octanol–water partition coefficient (Wildman–Crippen LogP) is 2.81. The molecule has 2 aromatic rings. The number of rotatable bonds is 1. The average molecular weight is 216 g/mol. The third-order valence-electron chi connectivity index (χ3n) is 3.43. The summed E-state index contributed by atoms with van der Waals surface area (Å²) in [5.41, 5.74) is 7.76. The quantitative estimate of drug-likeness (QED) is 0.797. The Morgan fingerprint density at radius 3 is 2.62 bits per heavy atom. The third kappa shape index (κ3) is 1.71. The normalized spacial score (nSPS) is 26.1. The fraction of sp³-hybridized carbons (Fsp3) is 0.462. The van der Waals surface area contributed by atoms with Crippen molar-refractivity contribution in [2.45, 2.75) is 37.6 Å². The second-order valence-electron chi connectivity index (χ2n) is 4.63. The summed E-state index contributed by atoms with van der Waals surface area (Å²) in [5.74, 6) is 1.36. The maximum absolute atomic E-state index is 5.90. The second-order valence-corrected chi connectivity index (χ2v) is 4.63. The summed E-state index contributed by atoms with van der Waals surface area (Å²) in [6.45, 7) is 0. The number of hydrogen-bond acceptors (Lipinski definition) is 3. The first-order valence-corrected chi connectivity index (χ1v) is 5.94. The fourth-order valence-corrected chi connectivity index (χ4v) is 2.43. The van der Waals surface area contributed by atoms with Crippen molar-refractivity contribution in [2.75, 3.05) is 0 Å². The van der Waals surface area contributed by atoms with Gasteiger partial charge in [-0.1, -0.05) is 12.1 Å². The van der Waals surface area contributed by atoms with E-state index in [4.69, 9.17) is 10.2 Å². The summed E-state index contributed by atoms with van der Waals surface area (Å²) in [6, 6.07) is 8.32. The van der Waals surface area contributed by atoms with Crippen molar-refractivity contribution >= 4 is 11.1 Å². The number of fused-ring (bicyclic) bond motifs is 1. The van der Waals surface area contributed by atoms with Gasteiger partial charge in [0.2, 0.25) is 0 Å². The molecule has 1 aromatic carbocycles. The van der Waals surface area contributed by atoms with Gasteiger partial charge in [0.1, 0.15) is 5.52 Å². The molecule has 1 heterocycles. The van der Waals surface area contributed by atoms with Crippen LogP contribution < -0.4 is 5.73 Å². The van der Waals surface area contributed by atoms with E-state index < -0.39 is 0 Å². The van der Waals surface area contributed by atoms with Crippen LogP contribution in [-0.2, 0) is 0 Å². The molecule has 1 aliphatic carbocycles. The number of nitrogens with zero attached hydrogens (tertiary/aromatic N) is 1. The van der Waals surface area contributed by atoms with Crippen molar-refractivity contribution in [1.82, 2.24) is 4.98 Å². The molecule has 16 heavy (non-hydrogen) atoms. The Morgan fingerprint density at radius 1 is 1.12 bits per heavy atom. The van der Waals surface area contributed by atoms with Crippen molar-refractivity contribution in [3.63, 3.8) is 0 Å². The molecule has 3 nitrogen and oxygen atoms in total. The molecule has 0 atom stereocenters. The smallest absolute Gasteiger partial charge is 0.198 e. The van der Waals surface area contributed by atoms with Crippen LogP contribution in [0, 0.1) is 0 Å². The molecule has 2 N–H and O–H groups in total. The number of para-hydroxylation sites is 2. The predicted molar refractivity (Wildman–Crippen MR) is 63.2 cm³/mol. The molecule has 0 bridgehead atoms. The largest absolute Gasteiger partial charge is 0.440 e. The number of benzene rings is 1. The van der Waals surface area contributed by atoms with Gasteiger partial charge < -0.3 is 10.2 Å². The molecular weight excluding hydrogens is 200 g/mol. The van der Waals surface area contributed by atoms with Crippen LogP contribution in [-0.4, -0.2) is 11.0 Å². The number of nitrogens with two attached hydrogens (primary N) is 1. The van der Waals surface area contributed by atoms with Crippen LogP contribution in [0.2, 0.25) is 0 Å². The van der Waals surface area contributed by atoms with E-state index in [1.165, 1.54) is 0 Å². The van der Waals surface area contributed by atoms with E-state index in [1.807, 2.05) is 24.3 Å². The monoisotopic (exact) mass is 216 g/mol. The second kappa shape index (κ2) is 3.91. The van der Waals surface area contributed by atoms with Crippen LogP contribution in [0.4, 0.5) is 0 Å². The molecule has 0 spiro atoms. The molecule has 0 unspecified atom stereocenters. The van der Waals surface area contributed by atoms with Crippen LogP contribution >= 0.6 is 0 Å². The average Bonchev–Trinajstić information content (AvgIpc) is 2.73. The minimum Gasteiger partial charge on any atom is -0.440 e. The van der Waals surface area contributed by atoms with E-state index in [0.717, 1.165) is 42.7 Å². The molecule has 84 valence electrons. The first-order valence-electron chi connectivity index (χ1n) is 5.94. The lowest BCUT2D eigenvalue weighted by Crippen LogP contribution is -2.25. The van der Waals surface area contributed by atoms with Crippen LogP contribution in [0.15, 0.2) is 28.7 Å². The Hall–Kier alpha value is -1.35. The molecular formula is C13H16N2O. The first-order chi connectivity index (χ1) is 7.83. The van der Waals surface area contributed by atoms with Gasteiger partial charge in [0.25, 0.3) is 0 Å². The third-order valence-corrected chi connectivity index (χ3v) is 3.43. The molecule has 1 aliphatic rings. The van der Waals surface area contributed by atoms with Crippen molar-refractivity contribution in [3.8, 4) is 0 Å². The van der Waals surface area contributed by atoms with Crippen LogP contribution in [0.5, 0.6) is 0 Å². The van der Waals surface area contributed by atoms with Crippen molar-refractivity contribution in [1.29, 1.82) is 0 Å². The summed E-state index contributed by atoms with van der Waals surface area (Å²) in [5, 5.41) is 0. The Kier molecular flexibility index (Phi) is 2.40. The van der Waals surface area contributed by atoms with Crippen LogP contribution in [0.1, 0.15) is 37.5 Å². The number of hydrogen-bond donors (Lipinski definition) is 1. The van der Waals surface area contributed by atoms with E-state index in [0.29, 0.717) is 12.0 Å². The lowest BCUT2D eigenvalue weighted by Gasteiger charge is -2.23. The van der Waals surface area contributed by atoms with Gasteiger partial charge in [0.15, 0.2) is 11.5 Å². The van der Waals surface area contributed by atoms with Gasteiger partial charge in [0, 0.05) is 12.0 Å². The molecule has 3 heteroatoms. The van der Waals surface area contributed by atoms with Crippen molar-refractivity contribution in [2.24, 2.45) is 5.73 Å². The highest BCUT2D eigenvalue weighted by atomic mass is 16.3. The van der Waals surface area contributed by atoms with Gasteiger partial charge in [0.05, 0.1) is 0 Å². The molecule has 0 amide bonds. The highest BCUT2D eigenvalue weighted by Gasteiger charge is 2.23. The van der Waals surface area contributed by atoms with E-state index in [2.05, 4.69) is 4.98 Å². The lowest BCUT2D eigenvalue weighted by atomic mass is 9.86. The maximum Gasteiger partial charge on any atom is 0.198 e. The molecule has 0 saturated heterocycles. The minimum atomic E-state index is 0.376. The number of oxazole rings is 1. The zero-order valence-electron chi connectivity index (χ0n) is 9.23. The van der Waals surface area contributed by atoms with Crippen molar-refractivity contribution in [3.05, 3.63) is 30.2 Å². The molecule has 1 aromatic heterocycles. The molecule has 0 radical (unpaired) electrons. The van der Waals surface area contributed by atoms with E-state index >= 15 is 0 Å². The van der Waals surface area contributed by atoms with E-state index in [1.54, 1.807) is 0 Å². The Bertz CT molecular complexity index is 450. The number of aromatic nitrogens is 1. The summed E-state index contributed by atoms with van der Waals surface area (Å²) in [7, 11) is 0. The molecule has 0 aliphatic heterocycles. The van der Waals surface area contributed by atoms with Gasteiger partial charge in [-0.3, -0.25) is 0 Å². The molecule has 3 rings (SSSR count). The Labute approximate surface area is 94.7 Å². The van der Waals surface area contributed by atoms with Crippen LogP contribution in [0.25, 0.3) is 11.1 Å². The highest BCUT2D eigenvalue weighted by molar-refractivity contribution is 5.72. The zero-order chi connectivity index (χ0) is 11.0. The summed E-state index contributed by atoms with van der Waals surface area (Å²) in [4.78, 5) is 4.55.